The van der Waals surface area contributed by atoms with Crippen molar-refractivity contribution in [3.63, 3.8) is 0 Å². The lowest BCUT2D eigenvalue weighted by Crippen LogP contribution is -2.45. The molecule has 0 radical (unpaired) electrons. The molecule has 1 aliphatic heterocycles. The van der Waals surface area contributed by atoms with Crippen molar-refractivity contribution in [3.8, 4) is 0 Å². The Morgan fingerprint density at radius 1 is 0.947 bits per heavy atom. The molecule has 0 bridgehead atoms. The van der Waals surface area contributed by atoms with Crippen molar-refractivity contribution in [2.24, 2.45) is 11.3 Å². The lowest BCUT2D eigenvalue weighted by atomic mass is 9.71. The van der Waals surface area contributed by atoms with Gasteiger partial charge in [-0.1, -0.05) is 12.8 Å². The SMILES string of the molecule is O=C(O)C1CCN(C2CCC3(CCCC3)CC2)CC1. The number of hydrogen-bond acceptors (Lipinski definition) is 2. The smallest absolute Gasteiger partial charge is 0.306 e. The minimum Gasteiger partial charge on any atom is -0.481 e. The summed E-state index contributed by atoms with van der Waals surface area (Å²) in [4.78, 5) is 13.6. The number of nitrogens with zero attached hydrogens (tertiary/aromatic N) is 1. The van der Waals surface area contributed by atoms with Gasteiger partial charge in [0.25, 0.3) is 0 Å². The maximum absolute atomic E-state index is 11.0. The fraction of sp³-hybridized carbons (Fsp3) is 0.938. The first-order valence-electron chi connectivity index (χ1n) is 8.15. The Kier molecular flexibility index (Phi) is 3.84. The van der Waals surface area contributed by atoms with Gasteiger partial charge in [0.1, 0.15) is 0 Å². The van der Waals surface area contributed by atoms with Crippen LogP contribution < -0.4 is 0 Å². The molecule has 2 aliphatic carbocycles. The van der Waals surface area contributed by atoms with Crippen LogP contribution in [0.4, 0.5) is 0 Å². The predicted molar refractivity (Wildman–Crippen MR) is 75.1 cm³/mol. The van der Waals surface area contributed by atoms with Crippen molar-refractivity contribution in [1.29, 1.82) is 0 Å². The van der Waals surface area contributed by atoms with Crippen LogP contribution in [-0.4, -0.2) is 35.1 Å². The highest BCUT2D eigenvalue weighted by Crippen LogP contribution is 2.49. The number of carboxylic acid groups (broad SMARTS) is 1. The average molecular weight is 265 g/mol. The molecule has 3 aliphatic rings. The zero-order valence-corrected chi connectivity index (χ0v) is 11.9. The molecule has 0 unspecified atom stereocenters. The molecule has 1 saturated heterocycles. The van der Waals surface area contributed by atoms with Crippen molar-refractivity contribution >= 4 is 5.97 Å². The van der Waals surface area contributed by atoms with E-state index in [9.17, 15) is 4.79 Å². The summed E-state index contributed by atoms with van der Waals surface area (Å²) in [6.45, 7) is 2.02. The van der Waals surface area contributed by atoms with Crippen molar-refractivity contribution in [3.05, 3.63) is 0 Å². The molecule has 1 heterocycles. The van der Waals surface area contributed by atoms with Gasteiger partial charge in [0, 0.05) is 6.04 Å². The van der Waals surface area contributed by atoms with E-state index in [1.165, 1.54) is 51.4 Å². The van der Waals surface area contributed by atoms with Crippen LogP contribution in [0, 0.1) is 11.3 Å². The third-order valence-electron chi connectivity index (χ3n) is 6.08. The molecule has 3 rings (SSSR count). The van der Waals surface area contributed by atoms with Crippen LogP contribution in [-0.2, 0) is 4.79 Å². The molecule has 0 atom stereocenters. The Bertz CT molecular complexity index is 318. The van der Waals surface area contributed by atoms with E-state index in [1.807, 2.05) is 0 Å². The van der Waals surface area contributed by atoms with Gasteiger partial charge in [-0.25, -0.2) is 0 Å². The van der Waals surface area contributed by atoms with Gasteiger partial charge in [-0.15, -0.1) is 0 Å². The van der Waals surface area contributed by atoms with E-state index in [2.05, 4.69) is 4.90 Å². The van der Waals surface area contributed by atoms with Crippen LogP contribution in [0.3, 0.4) is 0 Å². The lowest BCUT2D eigenvalue weighted by Gasteiger charge is -2.43. The van der Waals surface area contributed by atoms with Gasteiger partial charge in [-0.3, -0.25) is 4.79 Å². The molecule has 1 N–H and O–H groups in total. The summed E-state index contributed by atoms with van der Waals surface area (Å²) in [5, 5.41) is 9.06. The third kappa shape index (κ3) is 2.81. The van der Waals surface area contributed by atoms with Crippen molar-refractivity contribution < 1.29 is 9.90 Å². The molecule has 3 heteroatoms. The van der Waals surface area contributed by atoms with Crippen molar-refractivity contribution in [2.45, 2.75) is 70.3 Å². The van der Waals surface area contributed by atoms with Gasteiger partial charge in [-0.2, -0.15) is 0 Å². The molecule has 3 fully saturated rings. The summed E-state index contributed by atoms with van der Waals surface area (Å²) < 4.78 is 0. The number of piperidine rings is 1. The van der Waals surface area contributed by atoms with Crippen LogP contribution in [0.5, 0.6) is 0 Å². The number of hydrogen-bond donors (Lipinski definition) is 1. The van der Waals surface area contributed by atoms with Gasteiger partial charge >= 0.3 is 5.97 Å². The minimum absolute atomic E-state index is 0.0824. The second-order valence-corrected chi connectivity index (χ2v) is 7.09. The molecule has 1 spiro atoms. The Morgan fingerprint density at radius 3 is 2.05 bits per heavy atom. The number of likely N-dealkylation sites (tertiary alicyclic amines) is 1. The highest BCUT2D eigenvalue weighted by atomic mass is 16.4. The average Bonchev–Trinajstić information content (AvgIpc) is 2.88. The Hall–Kier alpha value is -0.570. The first-order valence-corrected chi connectivity index (χ1v) is 8.15. The summed E-state index contributed by atoms with van der Waals surface area (Å²) in [6.07, 6.45) is 13.1. The maximum Gasteiger partial charge on any atom is 0.306 e. The Morgan fingerprint density at radius 2 is 1.53 bits per heavy atom. The molecular formula is C16H27NO2. The van der Waals surface area contributed by atoms with E-state index in [0.29, 0.717) is 0 Å². The van der Waals surface area contributed by atoms with Crippen LogP contribution >= 0.6 is 0 Å². The van der Waals surface area contributed by atoms with E-state index < -0.39 is 5.97 Å². The fourth-order valence-electron chi connectivity index (χ4n) is 4.72. The quantitative estimate of drug-likeness (QED) is 0.833. The van der Waals surface area contributed by atoms with Crippen LogP contribution in [0.25, 0.3) is 0 Å². The van der Waals surface area contributed by atoms with Gasteiger partial charge in [0.2, 0.25) is 0 Å². The number of carboxylic acids is 1. The van der Waals surface area contributed by atoms with E-state index in [0.717, 1.165) is 37.4 Å². The first kappa shape index (κ1) is 13.4. The van der Waals surface area contributed by atoms with E-state index in [4.69, 9.17) is 5.11 Å². The highest BCUT2D eigenvalue weighted by molar-refractivity contribution is 5.70. The normalized spacial score (nSPS) is 29.9. The molecular weight excluding hydrogens is 238 g/mol. The summed E-state index contributed by atoms with van der Waals surface area (Å²) >= 11 is 0. The van der Waals surface area contributed by atoms with E-state index in [-0.39, 0.29) is 5.92 Å². The summed E-state index contributed by atoms with van der Waals surface area (Å²) in [7, 11) is 0. The van der Waals surface area contributed by atoms with Gasteiger partial charge < -0.3 is 10.0 Å². The molecule has 0 aromatic heterocycles. The zero-order chi connectivity index (χ0) is 13.3. The zero-order valence-electron chi connectivity index (χ0n) is 11.9. The third-order valence-corrected chi connectivity index (χ3v) is 6.08. The molecule has 2 saturated carbocycles. The Labute approximate surface area is 116 Å². The van der Waals surface area contributed by atoms with Crippen LogP contribution in [0.2, 0.25) is 0 Å². The van der Waals surface area contributed by atoms with Crippen molar-refractivity contribution in [1.82, 2.24) is 4.90 Å². The van der Waals surface area contributed by atoms with E-state index >= 15 is 0 Å². The standard InChI is InChI=1S/C16H27NO2/c18-15(19)13-5-11-17(12-6-13)14-3-9-16(10-4-14)7-1-2-8-16/h13-14H,1-12H2,(H,18,19). The molecule has 0 aromatic carbocycles. The topological polar surface area (TPSA) is 40.5 Å². The summed E-state index contributed by atoms with van der Waals surface area (Å²) in [6, 6.07) is 0.751. The number of carbonyl (C=O) groups is 1. The van der Waals surface area contributed by atoms with Crippen LogP contribution in [0.1, 0.15) is 64.2 Å². The first-order chi connectivity index (χ1) is 9.19. The van der Waals surface area contributed by atoms with Gasteiger partial charge in [0.05, 0.1) is 5.92 Å². The molecule has 0 amide bonds. The monoisotopic (exact) mass is 265 g/mol. The maximum atomic E-state index is 11.0. The molecule has 19 heavy (non-hydrogen) atoms. The van der Waals surface area contributed by atoms with Gasteiger partial charge in [-0.05, 0) is 69.9 Å². The second-order valence-electron chi connectivity index (χ2n) is 7.09. The molecule has 0 aromatic rings. The lowest BCUT2D eigenvalue weighted by molar-refractivity contribution is -0.143. The second kappa shape index (κ2) is 5.43. The Balaban J connectivity index is 1.48. The molecule has 108 valence electrons. The minimum atomic E-state index is -0.590. The predicted octanol–water partition coefficient (Wildman–Crippen LogP) is 3.29. The summed E-state index contributed by atoms with van der Waals surface area (Å²) in [5.74, 6) is -0.672. The fourth-order valence-corrected chi connectivity index (χ4v) is 4.72. The molecule has 3 nitrogen and oxygen atoms in total. The van der Waals surface area contributed by atoms with E-state index in [1.54, 1.807) is 0 Å². The summed E-state index contributed by atoms with van der Waals surface area (Å²) in [5.41, 5.74) is 0.718. The van der Waals surface area contributed by atoms with Gasteiger partial charge in [0.15, 0.2) is 0 Å². The largest absolute Gasteiger partial charge is 0.481 e. The highest BCUT2D eigenvalue weighted by Gasteiger charge is 2.39. The van der Waals surface area contributed by atoms with Crippen molar-refractivity contribution in [2.75, 3.05) is 13.1 Å². The number of rotatable bonds is 2. The van der Waals surface area contributed by atoms with Crippen LogP contribution in [0.15, 0.2) is 0 Å². The number of aliphatic carboxylic acids is 1.